The molecule has 2 aliphatic carbocycles. The highest BCUT2D eigenvalue weighted by Crippen LogP contribution is 2.63. The molecule has 2 aliphatic rings. The number of nitrogens with zero attached hydrogens (tertiary/aromatic N) is 2. The van der Waals surface area contributed by atoms with Crippen LogP contribution in [0.2, 0.25) is 0 Å². The molecule has 1 aromatic rings. The van der Waals surface area contributed by atoms with Gasteiger partial charge in [-0.1, -0.05) is 41.5 Å². The molecule has 0 amide bonds. The van der Waals surface area contributed by atoms with E-state index in [1.807, 2.05) is 0 Å². The van der Waals surface area contributed by atoms with Crippen molar-refractivity contribution < 1.29 is 0 Å². The molecule has 0 bridgehead atoms. The van der Waals surface area contributed by atoms with Crippen molar-refractivity contribution >= 4 is 0 Å². The van der Waals surface area contributed by atoms with Crippen LogP contribution in [0.25, 0.3) is 0 Å². The molecule has 2 nitrogen and oxygen atoms in total. The van der Waals surface area contributed by atoms with Gasteiger partial charge in [0, 0.05) is 12.1 Å². The van der Waals surface area contributed by atoms with E-state index in [0.717, 1.165) is 11.8 Å². The van der Waals surface area contributed by atoms with Crippen molar-refractivity contribution in [3.63, 3.8) is 0 Å². The fraction of sp³-hybridized carbons (Fsp3) is 0.778. The van der Waals surface area contributed by atoms with Crippen molar-refractivity contribution in [2.24, 2.45) is 22.7 Å². The molecule has 0 N–H and O–H groups in total. The molecule has 2 heteroatoms. The summed E-state index contributed by atoms with van der Waals surface area (Å²) in [6.45, 7) is 14.6. The van der Waals surface area contributed by atoms with Gasteiger partial charge >= 0.3 is 0 Å². The number of hydrogen-bond acceptors (Lipinski definition) is 2. The topological polar surface area (TPSA) is 25.8 Å². The predicted octanol–water partition coefficient (Wildman–Crippen LogP) is 4.78. The summed E-state index contributed by atoms with van der Waals surface area (Å²) in [5.41, 5.74) is 3.47. The summed E-state index contributed by atoms with van der Waals surface area (Å²) in [4.78, 5) is 9.00. The molecule has 0 aliphatic heterocycles. The van der Waals surface area contributed by atoms with Gasteiger partial charge in [-0.2, -0.15) is 0 Å². The molecule has 1 heterocycles. The van der Waals surface area contributed by atoms with E-state index in [4.69, 9.17) is 4.98 Å². The van der Waals surface area contributed by atoms with Gasteiger partial charge in [-0.3, -0.25) is 0 Å². The molecule has 0 spiro atoms. The molecule has 110 valence electrons. The Kier molecular flexibility index (Phi) is 3.01. The predicted molar refractivity (Wildman–Crippen MR) is 82.6 cm³/mol. The van der Waals surface area contributed by atoms with Crippen LogP contribution in [0.1, 0.15) is 77.5 Å². The average Bonchev–Trinajstić information content (AvgIpc) is 2.36. The normalized spacial score (nSPS) is 37.9. The zero-order chi connectivity index (χ0) is 14.7. The molecule has 0 aromatic carbocycles. The van der Waals surface area contributed by atoms with Crippen LogP contribution >= 0.6 is 0 Å². The van der Waals surface area contributed by atoms with Gasteiger partial charge in [0.2, 0.25) is 0 Å². The fourth-order valence-corrected chi connectivity index (χ4v) is 5.02. The third kappa shape index (κ3) is 1.83. The minimum atomic E-state index is 0.336. The maximum atomic E-state index is 4.73. The van der Waals surface area contributed by atoms with E-state index in [9.17, 15) is 0 Å². The first-order valence-electron chi connectivity index (χ1n) is 8.05. The first-order chi connectivity index (χ1) is 9.25. The van der Waals surface area contributed by atoms with Gasteiger partial charge in [0.1, 0.15) is 6.33 Å². The second-order valence-electron chi connectivity index (χ2n) is 8.50. The van der Waals surface area contributed by atoms with E-state index in [1.165, 1.54) is 24.1 Å². The number of aromatic nitrogens is 2. The lowest BCUT2D eigenvalue weighted by atomic mass is 9.47. The van der Waals surface area contributed by atoms with Gasteiger partial charge in [0.15, 0.2) is 0 Å². The smallest absolute Gasteiger partial charge is 0.115 e. The van der Waals surface area contributed by atoms with Gasteiger partial charge in [0.25, 0.3) is 0 Å². The maximum absolute atomic E-state index is 4.73. The average molecular weight is 272 g/mol. The van der Waals surface area contributed by atoms with E-state index in [-0.39, 0.29) is 0 Å². The molecular weight excluding hydrogens is 244 g/mol. The second-order valence-corrected chi connectivity index (χ2v) is 8.50. The fourth-order valence-electron chi connectivity index (χ4n) is 5.02. The van der Waals surface area contributed by atoms with E-state index in [0.29, 0.717) is 22.7 Å². The molecule has 1 aromatic heterocycles. The summed E-state index contributed by atoms with van der Waals surface area (Å²) >= 11 is 0. The lowest BCUT2D eigenvalue weighted by Crippen LogP contribution is -2.50. The quantitative estimate of drug-likeness (QED) is 0.679. The Morgan fingerprint density at radius 3 is 2.55 bits per heavy atom. The molecule has 0 radical (unpaired) electrons. The van der Waals surface area contributed by atoms with Gasteiger partial charge in [0.05, 0.1) is 5.69 Å². The summed E-state index contributed by atoms with van der Waals surface area (Å²) in [7, 11) is 0. The maximum Gasteiger partial charge on any atom is 0.115 e. The molecule has 0 saturated heterocycles. The summed E-state index contributed by atoms with van der Waals surface area (Å²) in [5.74, 6) is 2.68. The third-order valence-electron chi connectivity index (χ3n) is 6.51. The van der Waals surface area contributed by atoms with Crippen molar-refractivity contribution in [1.29, 1.82) is 0 Å². The lowest BCUT2D eigenvalue weighted by molar-refractivity contribution is -0.0389. The highest BCUT2D eigenvalue weighted by Gasteiger charge is 2.54. The number of rotatable bonds is 0. The number of hydrogen-bond donors (Lipinski definition) is 0. The van der Waals surface area contributed by atoms with E-state index in [1.54, 1.807) is 6.33 Å². The van der Waals surface area contributed by atoms with Crippen molar-refractivity contribution in [1.82, 2.24) is 9.97 Å². The largest absolute Gasteiger partial charge is 0.245 e. The third-order valence-corrected chi connectivity index (χ3v) is 6.51. The molecular formula is C18H28N2. The Bertz CT molecular complexity index is 518. The zero-order valence-corrected chi connectivity index (χ0v) is 13.8. The minimum absolute atomic E-state index is 0.336. The molecule has 4 atom stereocenters. The highest BCUT2D eigenvalue weighted by atomic mass is 14.8. The van der Waals surface area contributed by atoms with Gasteiger partial charge in [-0.05, 0) is 47.0 Å². The molecule has 20 heavy (non-hydrogen) atoms. The first-order valence-corrected chi connectivity index (χ1v) is 8.05. The second kappa shape index (κ2) is 4.29. The Morgan fingerprint density at radius 2 is 1.85 bits per heavy atom. The van der Waals surface area contributed by atoms with Crippen LogP contribution in [-0.4, -0.2) is 9.97 Å². The van der Waals surface area contributed by atoms with E-state index >= 15 is 0 Å². The summed E-state index contributed by atoms with van der Waals surface area (Å²) < 4.78 is 0. The Balaban J connectivity index is 2.16. The van der Waals surface area contributed by atoms with Crippen LogP contribution in [0.4, 0.5) is 0 Å². The zero-order valence-electron chi connectivity index (χ0n) is 13.8. The Labute approximate surface area is 123 Å². The van der Waals surface area contributed by atoms with Gasteiger partial charge < -0.3 is 0 Å². The SMILES string of the molecule is CC1CC2C(c3ncncc31)C(C)(C)CC(C)C2(C)C. The van der Waals surface area contributed by atoms with Crippen LogP contribution in [0.5, 0.6) is 0 Å². The molecule has 1 saturated carbocycles. The van der Waals surface area contributed by atoms with Crippen molar-refractivity contribution in [2.45, 2.75) is 66.2 Å². The first kappa shape index (κ1) is 14.0. The highest BCUT2D eigenvalue weighted by molar-refractivity contribution is 5.32. The Hall–Kier alpha value is -0.920. The van der Waals surface area contributed by atoms with Crippen LogP contribution in [0, 0.1) is 22.7 Å². The summed E-state index contributed by atoms with van der Waals surface area (Å²) in [5, 5.41) is 0. The van der Waals surface area contributed by atoms with Crippen LogP contribution in [-0.2, 0) is 0 Å². The van der Waals surface area contributed by atoms with Crippen LogP contribution in [0.15, 0.2) is 12.5 Å². The van der Waals surface area contributed by atoms with E-state index < -0.39 is 0 Å². The Morgan fingerprint density at radius 1 is 1.15 bits per heavy atom. The van der Waals surface area contributed by atoms with Crippen LogP contribution in [0.3, 0.4) is 0 Å². The minimum Gasteiger partial charge on any atom is -0.245 e. The summed E-state index contributed by atoms with van der Waals surface area (Å²) in [6.07, 6.45) is 6.38. The number of fused-ring (bicyclic) bond motifs is 3. The monoisotopic (exact) mass is 272 g/mol. The summed E-state index contributed by atoms with van der Waals surface area (Å²) in [6, 6.07) is 0. The van der Waals surface area contributed by atoms with Crippen LogP contribution < -0.4 is 0 Å². The molecule has 3 rings (SSSR count). The van der Waals surface area contributed by atoms with E-state index in [2.05, 4.69) is 52.7 Å². The lowest BCUT2D eigenvalue weighted by Gasteiger charge is -2.58. The van der Waals surface area contributed by atoms with Gasteiger partial charge in [-0.25, -0.2) is 9.97 Å². The molecule has 1 fully saturated rings. The van der Waals surface area contributed by atoms with Crippen molar-refractivity contribution in [3.8, 4) is 0 Å². The standard InChI is InChI=1S/C18H28N2/c1-11-7-14-15(16-13(11)9-19-10-20-16)17(3,4)8-12(2)18(14,5)6/h9-12,14-15H,7-8H2,1-6H3. The molecule has 4 unspecified atom stereocenters. The van der Waals surface area contributed by atoms with Crippen molar-refractivity contribution in [2.75, 3.05) is 0 Å². The van der Waals surface area contributed by atoms with Gasteiger partial charge in [-0.15, -0.1) is 0 Å². The van der Waals surface area contributed by atoms with Crippen molar-refractivity contribution in [3.05, 3.63) is 23.8 Å².